The number of carbonyl (C=O) groups excluding carboxylic acids is 5. The van der Waals surface area contributed by atoms with Gasteiger partial charge in [-0.1, -0.05) is 44.9 Å². The van der Waals surface area contributed by atoms with E-state index in [1.165, 1.54) is 6.92 Å². The fourth-order valence-corrected chi connectivity index (χ4v) is 14.2. The van der Waals surface area contributed by atoms with Crippen molar-refractivity contribution in [2.75, 3.05) is 13.2 Å². The van der Waals surface area contributed by atoms with Gasteiger partial charge >= 0.3 is 5.97 Å². The molecule has 308 valence electrons. The van der Waals surface area contributed by atoms with Crippen LogP contribution in [-0.4, -0.2) is 96.9 Å². The lowest BCUT2D eigenvalue weighted by atomic mass is 9.44. The maximum atomic E-state index is 16.9. The average molecular weight is 783 g/mol. The molecular formula is C44H59FO11. The van der Waals surface area contributed by atoms with Crippen molar-refractivity contribution < 1.29 is 58.6 Å². The molecule has 0 aromatic carbocycles. The summed E-state index contributed by atoms with van der Waals surface area (Å²) in [4.78, 5) is 60.1. The Morgan fingerprint density at radius 3 is 2.09 bits per heavy atom. The van der Waals surface area contributed by atoms with Gasteiger partial charge in [-0.05, 0) is 107 Å². The summed E-state index contributed by atoms with van der Waals surface area (Å²) in [7, 11) is 0. The zero-order chi connectivity index (χ0) is 41.0. The van der Waals surface area contributed by atoms with Gasteiger partial charge in [0.1, 0.15) is 23.5 Å². The zero-order valence-corrected chi connectivity index (χ0v) is 33.3. The molecule has 0 spiro atoms. The quantitative estimate of drug-likeness (QED) is 0.253. The summed E-state index contributed by atoms with van der Waals surface area (Å²) in [5.74, 6) is -2.22. The predicted octanol–water partition coefficient (Wildman–Crippen LogP) is 4.00. The van der Waals surface area contributed by atoms with Crippen LogP contribution in [-0.2, 0) is 28.7 Å². The van der Waals surface area contributed by atoms with Crippen LogP contribution in [0.5, 0.6) is 0 Å². The summed E-state index contributed by atoms with van der Waals surface area (Å²) in [6, 6.07) is 0. The summed E-state index contributed by atoms with van der Waals surface area (Å²) in [5, 5.41) is 54.3. The van der Waals surface area contributed by atoms with E-state index in [-0.39, 0.29) is 59.9 Å². The third-order valence-electron chi connectivity index (χ3n) is 17.3. The van der Waals surface area contributed by atoms with Crippen molar-refractivity contribution in [2.45, 2.75) is 141 Å². The molecule has 0 amide bonds. The summed E-state index contributed by atoms with van der Waals surface area (Å²) >= 11 is 0. The second kappa shape index (κ2) is 13.6. The highest BCUT2D eigenvalue weighted by Gasteiger charge is 2.74. The first kappa shape index (κ1) is 41.3. The molecule has 0 unspecified atom stereocenters. The van der Waals surface area contributed by atoms with Gasteiger partial charge in [-0.2, -0.15) is 0 Å². The number of alkyl halides is 1. The van der Waals surface area contributed by atoms with Gasteiger partial charge in [-0.3, -0.25) is 24.0 Å². The molecule has 0 aromatic rings. The number of fused-ring (bicyclic) bond motifs is 10. The molecule has 11 nitrogen and oxygen atoms in total. The van der Waals surface area contributed by atoms with Gasteiger partial charge < -0.3 is 30.3 Å². The van der Waals surface area contributed by atoms with Crippen LogP contribution in [0.15, 0.2) is 35.5 Å². The molecule has 12 heteroatoms. The Hall–Kier alpha value is -2.90. The van der Waals surface area contributed by atoms with Crippen LogP contribution in [0.2, 0.25) is 0 Å². The molecule has 14 atom stereocenters. The van der Waals surface area contributed by atoms with Crippen LogP contribution in [0.1, 0.15) is 112 Å². The van der Waals surface area contributed by atoms with Crippen LogP contribution in [0.25, 0.3) is 0 Å². The Morgan fingerprint density at radius 2 is 1.43 bits per heavy atom. The van der Waals surface area contributed by atoms with E-state index in [0.717, 1.165) is 30.4 Å². The number of Topliss-reactive ketones (excluding diaryl/α,β-unsaturated/α-hetero) is 2. The lowest BCUT2D eigenvalue weighted by Crippen LogP contribution is -2.69. The van der Waals surface area contributed by atoms with Crippen molar-refractivity contribution in [3.8, 4) is 0 Å². The Balaban J connectivity index is 0.000000173. The smallest absolute Gasteiger partial charge is 0.303 e. The standard InChI is InChI=1S/C23H31FO6.C21H28O5/c1-13(25)30-12-19(28)22(29)9-7-16-17-5-4-14-10-15(26)6-8-20(14,2)23(17,24)18(27)11-21(16,22)3;1-19-7-5-13(23)9-12(19)3-4-14-15-6-8-21(26,17(25)11-22)20(15,2)10-16(24)18(14)19/h10,16-18,27,29H,4-9,11-12H2,1-3H3;5,7,9,14-16,18,22,24,26H,3-4,6,8,10-11H2,1-2H3/t16-,17-,18-,20-,21-,22-,23-;14-,15-,16-,18+,19-,20-,21-/m00/s1. The molecule has 6 fully saturated rings. The Morgan fingerprint density at radius 1 is 0.804 bits per heavy atom. The maximum Gasteiger partial charge on any atom is 0.303 e. The third kappa shape index (κ3) is 5.47. The molecule has 0 aliphatic heterocycles. The molecule has 0 bridgehead atoms. The van der Waals surface area contributed by atoms with E-state index >= 15 is 4.39 Å². The first-order valence-corrected chi connectivity index (χ1v) is 20.6. The van der Waals surface area contributed by atoms with E-state index in [4.69, 9.17) is 4.74 Å². The number of ether oxygens (including phenoxy) is 1. The molecule has 8 aliphatic carbocycles. The highest BCUT2D eigenvalue weighted by molar-refractivity contribution is 6.01. The van der Waals surface area contributed by atoms with E-state index in [9.17, 15) is 49.5 Å². The second-order valence-corrected chi connectivity index (χ2v) is 19.4. The minimum atomic E-state index is -1.91. The van der Waals surface area contributed by atoms with Crippen molar-refractivity contribution in [3.63, 3.8) is 0 Å². The van der Waals surface area contributed by atoms with E-state index in [2.05, 4.69) is 6.92 Å². The van der Waals surface area contributed by atoms with Crippen LogP contribution >= 0.6 is 0 Å². The van der Waals surface area contributed by atoms with Gasteiger partial charge in [-0.25, -0.2) is 4.39 Å². The molecule has 5 N–H and O–H groups in total. The topological polar surface area (TPSA) is 196 Å². The highest BCUT2D eigenvalue weighted by Crippen LogP contribution is 2.71. The minimum absolute atomic E-state index is 0.00553. The molecule has 8 rings (SSSR count). The summed E-state index contributed by atoms with van der Waals surface area (Å²) in [5.41, 5.74) is -6.38. The molecule has 6 saturated carbocycles. The SMILES string of the molecule is CC(=O)OCC(=O)[C@@]1(O)CC[C@H]2[C@@H]3CCC4=CC(=O)CC[C@]4(C)[C@@]3(F)[C@@H](O)C[C@@]21C.C[C@]12C=CC(=O)C=C1CC[C@@H]1[C@@H]2[C@@H](O)C[C@@]2(C)[C@H]1CC[C@]2(O)C(=O)CO. The second-order valence-electron chi connectivity index (χ2n) is 19.4. The minimum Gasteiger partial charge on any atom is -0.458 e. The van der Waals surface area contributed by atoms with Gasteiger partial charge in [-0.15, -0.1) is 0 Å². The Labute approximate surface area is 327 Å². The highest BCUT2D eigenvalue weighted by atomic mass is 19.1. The van der Waals surface area contributed by atoms with Gasteiger partial charge in [0, 0.05) is 46.8 Å². The Kier molecular flexibility index (Phi) is 10.0. The van der Waals surface area contributed by atoms with Crippen LogP contribution in [0.4, 0.5) is 4.39 Å². The third-order valence-corrected chi connectivity index (χ3v) is 17.3. The number of rotatable bonds is 5. The number of aliphatic hydroxyl groups is 5. The molecule has 56 heavy (non-hydrogen) atoms. The first-order valence-electron chi connectivity index (χ1n) is 20.6. The van der Waals surface area contributed by atoms with E-state index < -0.39 is 82.0 Å². The molecule has 0 radical (unpaired) electrons. The van der Waals surface area contributed by atoms with Crippen molar-refractivity contribution in [2.24, 2.45) is 51.2 Å². The number of esters is 1. The van der Waals surface area contributed by atoms with Gasteiger partial charge in [0.15, 0.2) is 24.0 Å². The zero-order valence-electron chi connectivity index (χ0n) is 33.3. The summed E-state index contributed by atoms with van der Waals surface area (Å²) < 4.78 is 21.8. The van der Waals surface area contributed by atoms with Gasteiger partial charge in [0.05, 0.1) is 12.2 Å². The van der Waals surface area contributed by atoms with Crippen LogP contribution in [0.3, 0.4) is 0 Å². The molecule has 0 saturated heterocycles. The number of ketones is 4. The van der Waals surface area contributed by atoms with E-state index in [0.29, 0.717) is 38.5 Å². The van der Waals surface area contributed by atoms with Gasteiger partial charge in [0.2, 0.25) is 5.78 Å². The lowest BCUT2D eigenvalue weighted by Gasteiger charge is -2.63. The fourth-order valence-electron chi connectivity index (χ4n) is 14.2. The summed E-state index contributed by atoms with van der Waals surface area (Å²) in [6.07, 6.45) is 10.1. The van der Waals surface area contributed by atoms with E-state index in [1.54, 1.807) is 25.2 Å². The van der Waals surface area contributed by atoms with Crippen LogP contribution in [0, 0.1) is 51.2 Å². The van der Waals surface area contributed by atoms with Crippen LogP contribution < -0.4 is 0 Å². The van der Waals surface area contributed by atoms with Crippen molar-refractivity contribution in [3.05, 3.63) is 35.5 Å². The number of allylic oxidation sites excluding steroid dienone is 5. The number of hydrogen-bond acceptors (Lipinski definition) is 11. The monoisotopic (exact) mass is 782 g/mol. The number of hydrogen-bond donors (Lipinski definition) is 5. The van der Waals surface area contributed by atoms with E-state index in [1.807, 2.05) is 19.9 Å². The van der Waals surface area contributed by atoms with Crippen molar-refractivity contribution >= 4 is 29.1 Å². The number of aliphatic hydroxyl groups excluding tert-OH is 3. The molecule has 0 heterocycles. The number of carbonyl (C=O) groups is 5. The molecule has 8 aliphatic rings. The molecular weight excluding hydrogens is 723 g/mol. The number of halogens is 1. The van der Waals surface area contributed by atoms with Crippen molar-refractivity contribution in [1.82, 2.24) is 0 Å². The normalized spacial score (nSPS) is 48.7. The largest absolute Gasteiger partial charge is 0.458 e. The fraction of sp³-hybridized carbons (Fsp3) is 0.750. The molecule has 0 aromatic heterocycles. The first-order chi connectivity index (χ1) is 26.1. The van der Waals surface area contributed by atoms with Crippen molar-refractivity contribution in [1.29, 1.82) is 0 Å². The lowest BCUT2D eigenvalue weighted by molar-refractivity contribution is -0.227. The maximum absolute atomic E-state index is 16.9. The Bertz CT molecular complexity index is 1820. The predicted molar refractivity (Wildman–Crippen MR) is 200 cm³/mol. The average Bonchev–Trinajstić information content (AvgIpc) is 3.57. The summed E-state index contributed by atoms with van der Waals surface area (Å²) in [6.45, 7) is 7.59. The van der Waals surface area contributed by atoms with Gasteiger partial charge in [0.25, 0.3) is 0 Å².